The lowest BCUT2D eigenvalue weighted by Crippen LogP contribution is -2.37. The smallest absolute Gasteiger partial charge is 0.126 e. The van der Waals surface area contributed by atoms with Crippen molar-refractivity contribution in [1.82, 2.24) is 4.72 Å². The van der Waals surface area contributed by atoms with Crippen LogP contribution in [0.5, 0.6) is 0 Å². The average molecular weight is 326 g/mol. The van der Waals surface area contributed by atoms with Gasteiger partial charge in [-0.2, -0.15) is 5.26 Å². The lowest BCUT2D eigenvalue weighted by molar-refractivity contribution is 0.441. The van der Waals surface area contributed by atoms with Crippen LogP contribution in [-0.4, -0.2) is 10.3 Å². The molecule has 0 radical (unpaired) electrons. The maximum atomic E-state index is 12.4. The molecule has 0 aliphatic heterocycles. The number of hydrogen-bond donors (Lipinski definition) is 1. The Labute approximate surface area is 140 Å². The van der Waals surface area contributed by atoms with Gasteiger partial charge in [-0.3, -0.25) is 0 Å². The highest BCUT2D eigenvalue weighted by atomic mass is 32.2. The molecule has 2 rings (SSSR count). The zero-order valence-corrected chi connectivity index (χ0v) is 14.3. The fraction of sp³-hybridized carbons (Fsp3) is 0.316. The van der Waals surface area contributed by atoms with E-state index >= 15 is 0 Å². The molecule has 0 saturated heterocycles. The molecule has 4 heteroatoms. The monoisotopic (exact) mass is 326 g/mol. The van der Waals surface area contributed by atoms with Crippen LogP contribution in [0, 0.1) is 24.2 Å². The molecule has 2 aromatic carbocycles. The van der Waals surface area contributed by atoms with Gasteiger partial charge in [0.05, 0.1) is 11.0 Å². The maximum Gasteiger partial charge on any atom is 0.126 e. The summed E-state index contributed by atoms with van der Waals surface area (Å²) < 4.78 is 15.4. The molecule has 1 unspecified atom stereocenters. The van der Waals surface area contributed by atoms with Gasteiger partial charge in [0, 0.05) is 0 Å². The molecule has 0 spiro atoms. The van der Waals surface area contributed by atoms with E-state index in [0.717, 1.165) is 18.4 Å². The number of rotatable bonds is 7. The molecule has 0 heterocycles. The second-order valence-electron chi connectivity index (χ2n) is 5.66. The van der Waals surface area contributed by atoms with E-state index in [1.807, 2.05) is 49.4 Å². The Morgan fingerprint density at radius 3 is 2.35 bits per heavy atom. The van der Waals surface area contributed by atoms with Crippen LogP contribution in [0.3, 0.4) is 0 Å². The predicted molar refractivity (Wildman–Crippen MR) is 94.1 cm³/mol. The molecule has 23 heavy (non-hydrogen) atoms. The second kappa shape index (κ2) is 8.61. The molecular weight excluding hydrogens is 304 g/mol. The number of benzene rings is 2. The van der Waals surface area contributed by atoms with Crippen LogP contribution in [0.4, 0.5) is 0 Å². The highest BCUT2D eigenvalue weighted by molar-refractivity contribution is 7.83. The fourth-order valence-electron chi connectivity index (χ4n) is 2.49. The van der Waals surface area contributed by atoms with Crippen LogP contribution < -0.4 is 4.72 Å². The lowest BCUT2D eigenvalue weighted by Gasteiger charge is -2.21. The van der Waals surface area contributed by atoms with Gasteiger partial charge in [-0.05, 0) is 37.0 Å². The largest absolute Gasteiger partial charge is 0.237 e. The summed E-state index contributed by atoms with van der Waals surface area (Å²) in [5.41, 5.74) is 2.32. The van der Waals surface area contributed by atoms with Crippen LogP contribution in [0.1, 0.15) is 24.5 Å². The Balaban J connectivity index is 2.06. The van der Waals surface area contributed by atoms with Crippen molar-refractivity contribution in [2.45, 2.75) is 37.6 Å². The highest BCUT2D eigenvalue weighted by Gasteiger charge is 2.22. The Kier molecular flexibility index (Phi) is 6.52. The van der Waals surface area contributed by atoms with Crippen molar-refractivity contribution >= 4 is 11.0 Å². The topological polar surface area (TPSA) is 52.9 Å². The summed E-state index contributed by atoms with van der Waals surface area (Å²) in [4.78, 5) is 0.699. The third-order valence-electron chi connectivity index (χ3n) is 3.94. The first-order valence-corrected chi connectivity index (χ1v) is 8.97. The highest BCUT2D eigenvalue weighted by Crippen LogP contribution is 2.17. The minimum Gasteiger partial charge on any atom is -0.237 e. The van der Waals surface area contributed by atoms with Gasteiger partial charge < -0.3 is 0 Å². The minimum absolute atomic E-state index is 0.122. The number of nitrogens with zero attached hydrogens (tertiary/aromatic N) is 1. The van der Waals surface area contributed by atoms with E-state index in [1.165, 1.54) is 5.56 Å². The van der Waals surface area contributed by atoms with Crippen molar-refractivity contribution in [3.8, 4) is 6.07 Å². The van der Waals surface area contributed by atoms with Crippen LogP contribution >= 0.6 is 0 Å². The van der Waals surface area contributed by atoms with Gasteiger partial charge in [0.25, 0.3) is 0 Å². The van der Waals surface area contributed by atoms with E-state index in [-0.39, 0.29) is 5.92 Å². The van der Waals surface area contributed by atoms with E-state index in [0.29, 0.717) is 4.90 Å². The van der Waals surface area contributed by atoms with Crippen molar-refractivity contribution in [1.29, 1.82) is 5.26 Å². The van der Waals surface area contributed by atoms with Crippen LogP contribution in [0.25, 0.3) is 0 Å². The molecule has 3 nitrogen and oxygen atoms in total. The molecule has 0 fully saturated rings. The first-order chi connectivity index (χ1) is 11.1. The first kappa shape index (κ1) is 17.4. The third-order valence-corrected chi connectivity index (χ3v) is 5.11. The Hall–Kier alpha value is -1.96. The number of nitrogens with one attached hydrogen (secondary N) is 1. The number of aryl methyl sites for hydroxylation is 1. The van der Waals surface area contributed by atoms with Crippen LogP contribution in [0.15, 0.2) is 59.5 Å². The molecular formula is C19H22N2OS. The molecule has 0 saturated carbocycles. The van der Waals surface area contributed by atoms with E-state index in [1.54, 1.807) is 0 Å². The molecule has 0 bridgehead atoms. The predicted octanol–water partition coefficient (Wildman–Crippen LogP) is 3.77. The maximum absolute atomic E-state index is 12.4. The summed E-state index contributed by atoms with van der Waals surface area (Å²) in [6, 6.07) is 19.5. The summed E-state index contributed by atoms with van der Waals surface area (Å²) in [5.74, 6) is 0.122. The van der Waals surface area contributed by atoms with E-state index < -0.39 is 17.0 Å². The zero-order valence-electron chi connectivity index (χ0n) is 13.5. The van der Waals surface area contributed by atoms with Crippen molar-refractivity contribution in [2.75, 3.05) is 0 Å². The first-order valence-electron chi connectivity index (χ1n) is 7.82. The SMILES string of the molecule is CCC(Cc1ccccc1)[C@@H](C#N)N[S@@](=O)c1ccc(C)cc1. The van der Waals surface area contributed by atoms with Crippen LogP contribution in [-0.2, 0) is 17.4 Å². The van der Waals surface area contributed by atoms with Gasteiger partial charge in [0.1, 0.15) is 17.0 Å². The van der Waals surface area contributed by atoms with Gasteiger partial charge in [-0.15, -0.1) is 0 Å². The lowest BCUT2D eigenvalue weighted by atomic mass is 9.91. The normalized spacial score (nSPS) is 14.7. The zero-order chi connectivity index (χ0) is 16.7. The van der Waals surface area contributed by atoms with Crippen molar-refractivity contribution < 1.29 is 4.21 Å². The summed E-state index contributed by atoms with van der Waals surface area (Å²) in [5, 5.41) is 9.50. The van der Waals surface area contributed by atoms with Crippen LogP contribution in [0.2, 0.25) is 0 Å². The summed E-state index contributed by atoms with van der Waals surface area (Å²) in [6.45, 7) is 4.06. The summed E-state index contributed by atoms with van der Waals surface area (Å²) in [7, 11) is -1.37. The minimum atomic E-state index is -1.37. The Morgan fingerprint density at radius 1 is 1.13 bits per heavy atom. The molecule has 120 valence electrons. The molecule has 2 aromatic rings. The van der Waals surface area contributed by atoms with Crippen molar-refractivity contribution in [2.24, 2.45) is 5.92 Å². The second-order valence-corrected chi connectivity index (χ2v) is 6.91. The summed E-state index contributed by atoms with van der Waals surface area (Å²) >= 11 is 0. The standard InChI is InChI=1S/C19H22N2OS/c1-3-17(13-16-7-5-4-6-8-16)19(14-20)21-23(22)18-11-9-15(2)10-12-18/h4-12,17,19,21H,3,13H2,1-2H3/t17?,19-,23+/m1/s1. The fourth-order valence-corrected chi connectivity index (χ4v) is 3.48. The van der Waals surface area contributed by atoms with Gasteiger partial charge in [0.2, 0.25) is 0 Å². The van der Waals surface area contributed by atoms with E-state index in [4.69, 9.17) is 0 Å². The average Bonchev–Trinajstić information content (AvgIpc) is 2.59. The van der Waals surface area contributed by atoms with Gasteiger partial charge >= 0.3 is 0 Å². The molecule has 1 N–H and O–H groups in total. The Morgan fingerprint density at radius 2 is 1.78 bits per heavy atom. The summed E-state index contributed by atoms with van der Waals surface area (Å²) in [6.07, 6.45) is 1.65. The molecule has 3 atom stereocenters. The van der Waals surface area contributed by atoms with E-state index in [9.17, 15) is 9.47 Å². The molecule has 0 aromatic heterocycles. The number of hydrogen-bond acceptors (Lipinski definition) is 2. The van der Waals surface area contributed by atoms with Crippen molar-refractivity contribution in [3.05, 3.63) is 65.7 Å². The number of nitriles is 1. The Bertz CT molecular complexity index is 677. The van der Waals surface area contributed by atoms with Gasteiger partial charge in [-0.1, -0.05) is 61.4 Å². The van der Waals surface area contributed by atoms with Crippen molar-refractivity contribution in [3.63, 3.8) is 0 Å². The van der Waals surface area contributed by atoms with Gasteiger partial charge in [0.15, 0.2) is 0 Å². The van der Waals surface area contributed by atoms with Gasteiger partial charge in [-0.25, -0.2) is 8.93 Å². The third kappa shape index (κ3) is 5.02. The molecule has 0 aliphatic carbocycles. The molecule has 0 amide bonds. The quantitative estimate of drug-likeness (QED) is 0.842. The molecule has 0 aliphatic rings. The van der Waals surface area contributed by atoms with E-state index in [2.05, 4.69) is 29.8 Å².